The third-order valence-corrected chi connectivity index (χ3v) is 10.8. The molecular formula is C54H94O6. The Labute approximate surface area is 370 Å². The van der Waals surface area contributed by atoms with Crippen molar-refractivity contribution in [2.24, 2.45) is 0 Å². The molecule has 346 valence electrons. The highest BCUT2D eigenvalue weighted by Gasteiger charge is 2.19. The fraction of sp³-hybridized carbons (Fsp3) is 0.759. The molecule has 0 aliphatic rings. The first-order valence-electron chi connectivity index (χ1n) is 25.3. The van der Waals surface area contributed by atoms with E-state index in [0.29, 0.717) is 19.3 Å². The average Bonchev–Trinajstić information content (AvgIpc) is 3.24. The van der Waals surface area contributed by atoms with Crippen LogP contribution < -0.4 is 0 Å². The van der Waals surface area contributed by atoms with Crippen molar-refractivity contribution in [1.29, 1.82) is 0 Å². The van der Waals surface area contributed by atoms with E-state index in [4.69, 9.17) is 14.2 Å². The van der Waals surface area contributed by atoms with Gasteiger partial charge in [0.15, 0.2) is 6.10 Å². The number of esters is 3. The molecule has 0 heterocycles. The van der Waals surface area contributed by atoms with E-state index in [1.165, 1.54) is 116 Å². The number of rotatable bonds is 45. The molecule has 0 bridgehead atoms. The Hall–Kier alpha value is -2.89. The highest BCUT2D eigenvalue weighted by Crippen LogP contribution is 2.15. The summed E-state index contributed by atoms with van der Waals surface area (Å²) in [6, 6.07) is 0. The molecule has 0 saturated heterocycles. The predicted octanol–water partition coefficient (Wildman–Crippen LogP) is 16.5. The van der Waals surface area contributed by atoms with Gasteiger partial charge in [0.2, 0.25) is 0 Å². The standard InChI is InChI=1S/C54H94O6/c1-4-7-10-13-16-19-22-25-27-30-32-35-38-41-44-47-53(56)59-50-51(49-58-52(55)46-43-40-37-34-31-28-24-21-18-15-12-9-6-3)60-54(57)48-45-42-39-36-33-29-26-23-20-17-14-11-8-5-2/h9,12,15-16,18-19,21-22,24-25,51H,4-8,10-11,13-14,17,20,23,26-50H2,1-3H3/b12-9-,18-15-,19-16-,24-21-,25-22-. The van der Waals surface area contributed by atoms with E-state index < -0.39 is 6.10 Å². The maximum absolute atomic E-state index is 12.8. The van der Waals surface area contributed by atoms with Gasteiger partial charge in [0.05, 0.1) is 0 Å². The van der Waals surface area contributed by atoms with Gasteiger partial charge < -0.3 is 14.2 Å². The Morgan fingerprint density at radius 1 is 0.350 bits per heavy atom. The van der Waals surface area contributed by atoms with Crippen molar-refractivity contribution in [3.63, 3.8) is 0 Å². The van der Waals surface area contributed by atoms with Crippen LogP contribution in [0.3, 0.4) is 0 Å². The second-order valence-corrected chi connectivity index (χ2v) is 16.8. The molecule has 6 nitrogen and oxygen atoms in total. The van der Waals surface area contributed by atoms with Gasteiger partial charge in [-0.15, -0.1) is 0 Å². The molecule has 1 unspecified atom stereocenters. The van der Waals surface area contributed by atoms with Gasteiger partial charge in [-0.25, -0.2) is 0 Å². The SMILES string of the molecule is CC\C=C/C=C\C=C/CCCCCCCC(=O)OCC(COC(=O)CCCCCCCC/C=C\C=C/CCCCC)OC(=O)CCCCCCCCCCCCCCCC. The summed E-state index contributed by atoms with van der Waals surface area (Å²) in [4.78, 5) is 37.9. The molecule has 0 rings (SSSR count). The molecule has 60 heavy (non-hydrogen) atoms. The first-order valence-corrected chi connectivity index (χ1v) is 25.3. The molecule has 0 radical (unpaired) electrons. The number of carbonyl (C=O) groups excluding carboxylic acids is 3. The summed E-state index contributed by atoms with van der Waals surface area (Å²) < 4.78 is 16.8. The summed E-state index contributed by atoms with van der Waals surface area (Å²) in [6.45, 7) is 6.45. The third-order valence-electron chi connectivity index (χ3n) is 10.8. The Bertz CT molecular complexity index is 1100. The molecule has 6 heteroatoms. The highest BCUT2D eigenvalue weighted by atomic mass is 16.6. The van der Waals surface area contributed by atoms with Gasteiger partial charge in [0, 0.05) is 19.3 Å². The zero-order valence-corrected chi connectivity index (χ0v) is 39.5. The summed E-state index contributed by atoms with van der Waals surface area (Å²) in [5.41, 5.74) is 0. The molecular weight excluding hydrogens is 745 g/mol. The monoisotopic (exact) mass is 839 g/mol. The summed E-state index contributed by atoms with van der Waals surface area (Å²) in [5.74, 6) is -0.912. The molecule has 0 aliphatic carbocycles. The van der Waals surface area contributed by atoms with E-state index in [1.807, 2.05) is 0 Å². The number of hydrogen-bond acceptors (Lipinski definition) is 6. The van der Waals surface area contributed by atoms with Crippen LogP contribution in [-0.4, -0.2) is 37.2 Å². The van der Waals surface area contributed by atoms with E-state index in [9.17, 15) is 14.4 Å². The second-order valence-electron chi connectivity index (χ2n) is 16.8. The van der Waals surface area contributed by atoms with Crippen LogP contribution >= 0.6 is 0 Å². The smallest absolute Gasteiger partial charge is 0.306 e. The van der Waals surface area contributed by atoms with E-state index in [-0.39, 0.29) is 31.1 Å². The number of unbranched alkanes of at least 4 members (excludes halogenated alkanes) is 27. The zero-order valence-electron chi connectivity index (χ0n) is 39.5. The zero-order chi connectivity index (χ0) is 43.7. The summed E-state index contributed by atoms with van der Waals surface area (Å²) in [6.07, 6.45) is 59.1. The van der Waals surface area contributed by atoms with E-state index in [2.05, 4.69) is 81.5 Å². The minimum absolute atomic E-state index is 0.0856. The topological polar surface area (TPSA) is 78.9 Å². The van der Waals surface area contributed by atoms with Gasteiger partial charge in [-0.1, -0.05) is 223 Å². The molecule has 0 fully saturated rings. The minimum Gasteiger partial charge on any atom is -0.462 e. The lowest BCUT2D eigenvalue weighted by atomic mass is 10.0. The normalized spacial score (nSPS) is 12.5. The van der Waals surface area contributed by atoms with Gasteiger partial charge in [0.25, 0.3) is 0 Å². The summed E-state index contributed by atoms with van der Waals surface area (Å²) in [5, 5.41) is 0. The molecule has 0 spiro atoms. The molecule has 0 aliphatic heterocycles. The van der Waals surface area contributed by atoms with Crippen LogP contribution in [0.25, 0.3) is 0 Å². The second kappa shape index (κ2) is 48.8. The van der Waals surface area contributed by atoms with Crippen LogP contribution in [0.4, 0.5) is 0 Å². The van der Waals surface area contributed by atoms with Gasteiger partial charge in [-0.2, -0.15) is 0 Å². The minimum atomic E-state index is -0.784. The molecule has 0 aromatic heterocycles. The summed E-state index contributed by atoms with van der Waals surface area (Å²) >= 11 is 0. The van der Waals surface area contributed by atoms with Crippen LogP contribution in [0.2, 0.25) is 0 Å². The van der Waals surface area contributed by atoms with Crippen molar-refractivity contribution in [2.45, 2.75) is 252 Å². The Morgan fingerprint density at radius 3 is 1.05 bits per heavy atom. The maximum Gasteiger partial charge on any atom is 0.306 e. The molecule has 0 aromatic carbocycles. The van der Waals surface area contributed by atoms with E-state index in [1.54, 1.807) is 0 Å². The van der Waals surface area contributed by atoms with Crippen LogP contribution in [0.15, 0.2) is 60.8 Å². The Morgan fingerprint density at radius 2 is 0.650 bits per heavy atom. The molecule has 0 saturated carbocycles. The third kappa shape index (κ3) is 46.2. The maximum atomic E-state index is 12.8. The van der Waals surface area contributed by atoms with Crippen molar-refractivity contribution in [3.05, 3.63) is 60.8 Å². The fourth-order valence-corrected chi connectivity index (χ4v) is 7.02. The van der Waals surface area contributed by atoms with Crippen LogP contribution in [0.5, 0.6) is 0 Å². The first kappa shape index (κ1) is 57.1. The van der Waals surface area contributed by atoms with Crippen LogP contribution in [-0.2, 0) is 28.6 Å². The predicted molar refractivity (Wildman–Crippen MR) is 256 cm³/mol. The van der Waals surface area contributed by atoms with Crippen molar-refractivity contribution in [1.82, 2.24) is 0 Å². The molecule has 1 atom stereocenters. The average molecular weight is 839 g/mol. The number of ether oxygens (including phenoxy) is 3. The van der Waals surface area contributed by atoms with Crippen molar-refractivity contribution in [3.8, 4) is 0 Å². The summed E-state index contributed by atoms with van der Waals surface area (Å²) in [7, 11) is 0. The Balaban J connectivity index is 4.41. The van der Waals surface area contributed by atoms with E-state index >= 15 is 0 Å². The highest BCUT2D eigenvalue weighted by molar-refractivity contribution is 5.71. The van der Waals surface area contributed by atoms with Gasteiger partial charge in [-0.3, -0.25) is 14.4 Å². The largest absolute Gasteiger partial charge is 0.462 e. The van der Waals surface area contributed by atoms with Crippen LogP contribution in [0, 0.1) is 0 Å². The van der Waals surface area contributed by atoms with Crippen molar-refractivity contribution >= 4 is 17.9 Å². The molecule has 0 aromatic rings. The first-order chi connectivity index (χ1) is 29.5. The molecule has 0 N–H and O–H groups in total. The quantitative estimate of drug-likeness (QED) is 0.0263. The lowest BCUT2D eigenvalue weighted by Crippen LogP contribution is -2.30. The van der Waals surface area contributed by atoms with Gasteiger partial charge in [-0.05, 0) is 64.2 Å². The van der Waals surface area contributed by atoms with Gasteiger partial charge in [0.1, 0.15) is 13.2 Å². The number of carbonyl (C=O) groups is 3. The Kier molecular flexibility index (Phi) is 46.4. The number of allylic oxidation sites excluding steroid dienone is 10. The number of hydrogen-bond donors (Lipinski definition) is 0. The van der Waals surface area contributed by atoms with E-state index in [0.717, 1.165) is 89.9 Å². The van der Waals surface area contributed by atoms with Crippen molar-refractivity contribution in [2.75, 3.05) is 13.2 Å². The van der Waals surface area contributed by atoms with Gasteiger partial charge >= 0.3 is 17.9 Å². The van der Waals surface area contributed by atoms with Crippen LogP contribution in [0.1, 0.15) is 245 Å². The lowest BCUT2D eigenvalue weighted by Gasteiger charge is -2.18. The lowest BCUT2D eigenvalue weighted by molar-refractivity contribution is -0.167. The fourth-order valence-electron chi connectivity index (χ4n) is 7.02. The molecule has 0 amide bonds. The van der Waals surface area contributed by atoms with Crippen molar-refractivity contribution < 1.29 is 28.6 Å².